The Balaban J connectivity index is 3.00. The van der Waals surface area contributed by atoms with Gasteiger partial charge in [0.1, 0.15) is 5.69 Å². The number of likely N-dealkylation sites (N-methyl/N-ethyl adjacent to an activating group) is 1. The summed E-state index contributed by atoms with van der Waals surface area (Å²) in [5, 5.41) is 14.0. The number of hydrogen-bond acceptors (Lipinski definition) is 5. The Morgan fingerprint density at radius 2 is 2.10 bits per heavy atom. The van der Waals surface area contributed by atoms with Gasteiger partial charge >= 0.3 is 5.69 Å². The molecule has 1 rings (SSSR count). The summed E-state index contributed by atoms with van der Waals surface area (Å²) in [5.74, 6) is 0.0155. The molecule has 0 bridgehead atoms. The second-order valence-corrected chi connectivity index (χ2v) is 4.72. The predicted molar refractivity (Wildman–Crippen MR) is 76.0 cm³/mol. The molecule has 0 aliphatic heterocycles. The van der Waals surface area contributed by atoms with Crippen molar-refractivity contribution in [2.75, 3.05) is 26.0 Å². The molecule has 1 amide bonds. The van der Waals surface area contributed by atoms with Crippen molar-refractivity contribution in [3.05, 3.63) is 28.3 Å². The lowest BCUT2D eigenvalue weighted by molar-refractivity contribution is -0.385. The van der Waals surface area contributed by atoms with Gasteiger partial charge in [0, 0.05) is 14.1 Å². The summed E-state index contributed by atoms with van der Waals surface area (Å²) >= 11 is 0. The molecule has 7 heteroatoms. The maximum absolute atomic E-state index is 11.5. The molecule has 0 radical (unpaired) electrons. The van der Waals surface area contributed by atoms with E-state index in [-0.39, 0.29) is 35.7 Å². The van der Waals surface area contributed by atoms with E-state index < -0.39 is 4.92 Å². The van der Waals surface area contributed by atoms with Crippen LogP contribution in [0.2, 0.25) is 0 Å². The van der Waals surface area contributed by atoms with Gasteiger partial charge in [0.15, 0.2) is 5.75 Å². The Morgan fingerprint density at radius 1 is 1.45 bits per heavy atom. The Kier molecular flexibility index (Phi) is 5.31. The summed E-state index contributed by atoms with van der Waals surface area (Å²) in [5.41, 5.74) is 0.108. The fourth-order valence-corrected chi connectivity index (χ4v) is 1.53. The molecule has 0 atom stereocenters. The number of para-hydroxylation sites is 1. The summed E-state index contributed by atoms with van der Waals surface area (Å²) in [6.07, 6.45) is -0.174. The van der Waals surface area contributed by atoms with Crippen molar-refractivity contribution < 1.29 is 14.5 Å². The van der Waals surface area contributed by atoms with Crippen LogP contribution in [0.1, 0.15) is 13.8 Å². The Labute approximate surface area is 117 Å². The summed E-state index contributed by atoms with van der Waals surface area (Å²) < 4.78 is 5.42. The number of nitro benzene ring substituents is 1. The van der Waals surface area contributed by atoms with Crippen molar-refractivity contribution in [3.63, 3.8) is 0 Å². The summed E-state index contributed by atoms with van der Waals surface area (Å²) in [7, 11) is 3.24. The van der Waals surface area contributed by atoms with Crippen LogP contribution in [0.3, 0.4) is 0 Å². The van der Waals surface area contributed by atoms with Gasteiger partial charge in [-0.2, -0.15) is 0 Å². The van der Waals surface area contributed by atoms with Gasteiger partial charge in [-0.3, -0.25) is 14.9 Å². The highest BCUT2D eigenvalue weighted by Gasteiger charge is 2.22. The van der Waals surface area contributed by atoms with Crippen molar-refractivity contribution in [2.24, 2.45) is 0 Å². The highest BCUT2D eigenvalue weighted by molar-refractivity contribution is 5.82. The van der Waals surface area contributed by atoms with Crippen LogP contribution in [0.15, 0.2) is 18.2 Å². The fraction of sp³-hybridized carbons (Fsp3) is 0.462. The molecule has 0 spiro atoms. The number of rotatable bonds is 6. The average molecular weight is 281 g/mol. The first-order valence-corrected chi connectivity index (χ1v) is 6.21. The normalized spacial score (nSPS) is 10.2. The van der Waals surface area contributed by atoms with E-state index in [9.17, 15) is 14.9 Å². The number of nitrogens with zero attached hydrogens (tertiary/aromatic N) is 2. The zero-order valence-corrected chi connectivity index (χ0v) is 12.0. The number of hydrogen-bond donors (Lipinski definition) is 1. The summed E-state index contributed by atoms with van der Waals surface area (Å²) in [6, 6.07) is 4.73. The second kappa shape index (κ2) is 6.74. The second-order valence-electron chi connectivity index (χ2n) is 4.72. The first-order chi connectivity index (χ1) is 9.32. The minimum absolute atomic E-state index is 0.0149. The molecular formula is C13H19N3O4. The van der Waals surface area contributed by atoms with Crippen molar-refractivity contribution in [2.45, 2.75) is 20.0 Å². The van der Waals surface area contributed by atoms with E-state index in [1.54, 1.807) is 40.1 Å². The molecule has 1 aromatic rings. The number of nitro groups is 1. The Hall–Kier alpha value is -2.31. The third-order valence-corrected chi connectivity index (χ3v) is 2.47. The van der Waals surface area contributed by atoms with Crippen LogP contribution in [-0.4, -0.2) is 42.5 Å². The highest BCUT2D eigenvalue weighted by atomic mass is 16.6. The van der Waals surface area contributed by atoms with Gasteiger partial charge < -0.3 is 15.0 Å². The van der Waals surface area contributed by atoms with Crippen LogP contribution >= 0.6 is 0 Å². The molecule has 1 N–H and O–H groups in total. The molecule has 0 aliphatic carbocycles. The molecule has 20 heavy (non-hydrogen) atoms. The highest BCUT2D eigenvalue weighted by Crippen LogP contribution is 2.35. The molecule has 0 saturated carbocycles. The SMILES string of the molecule is CC(C)Oc1cccc(NCC(=O)N(C)C)c1[N+](=O)[O-]. The standard InChI is InChI=1S/C13H19N3O4/c1-9(2)20-11-7-5-6-10(13(11)16(18)19)14-8-12(17)15(3)4/h5-7,9,14H,8H2,1-4H3. The van der Waals surface area contributed by atoms with Gasteiger partial charge in [-0.25, -0.2) is 0 Å². The molecule has 0 aliphatic rings. The van der Waals surface area contributed by atoms with Crippen molar-refractivity contribution in [3.8, 4) is 5.75 Å². The van der Waals surface area contributed by atoms with Gasteiger partial charge in [-0.1, -0.05) is 6.07 Å². The van der Waals surface area contributed by atoms with Crippen molar-refractivity contribution in [1.82, 2.24) is 4.90 Å². The maximum Gasteiger partial charge on any atom is 0.333 e. The first kappa shape index (κ1) is 15.7. The number of amides is 1. The van der Waals surface area contributed by atoms with Crippen molar-refractivity contribution >= 4 is 17.3 Å². The topological polar surface area (TPSA) is 84.7 Å². The predicted octanol–water partition coefficient (Wildman–Crippen LogP) is 1.88. The zero-order valence-electron chi connectivity index (χ0n) is 12.0. The van der Waals surface area contributed by atoms with Crippen LogP contribution in [0.4, 0.5) is 11.4 Å². The molecule has 0 saturated heterocycles. The molecule has 1 aromatic carbocycles. The lowest BCUT2D eigenvalue weighted by atomic mass is 10.2. The molecule has 0 fully saturated rings. The van der Waals surface area contributed by atoms with Crippen LogP contribution in [-0.2, 0) is 4.79 Å². The van der Waals surface area contributed by atoms with Crippen LogP contribution in [0, 0.1) is 10.1 Å². The van der Waals surface area contributed by atoms with Crippen LogP contribution in [0.5, 0.6) is 5.75 Å². The van der Waals surface area contributed by atoms with E-state index in [0.717, 1.165) is 0 Å². The van der Waals surface area contributed by atoms with Gasteiger partial charge in [-0.15, -0.1) is 0 Å². The Bertz CT molecular complexity index is 500. The molecule has 0 heterocycles. The molecule has 0 aromatic heterocycles. The maximum atomic E-state index is 11.5. The lowest BCUT2D eigenvalue weighted by Gasteiger charge is -2.14. The average Bonchev–Trinajstić information content (AvgIpc) is 2.34. The minimum Gasteiger partial charge on any atom is -0.484 e. The van der Waals surface area contributed by atoms with E-state index in [1.165, 1.54) is 11.0 Å². The number of carbonyl (C=O) groups is 1. The first-order valence-electron chi connectivity index (χ1n) is 6.21. The van der Waals surface area contributed by atoms with Crippen LogP contribution < -0.4 is 10.1 Å². The Morgan fingerprint density at radius 3 is 2.60 bits per heavy atom. The molecule has 7 nitrogen and oxygen atoms in total. The van der Waals surface area contributed by atoms with Gasteiger partial charge in [0.2, 0.25) is 5.91 Å². The number of benzene rings is 1. The molecular weight excluding hydrogens is 262 g/mol. The van der Waals surface area contributed by atoms with Gasteiger partial charge in [0.25, 0.3) is 0 Å². The third kappa shape index (κ3) is 4.11. The number of nitrogens with one attached hydrogen (secondary N) is 1. The van der Waals surface area contributed by atoms with Crippen LogP contribution in [0.25, 0.3) is 0 Å². The number of carbonyl (C=O) groups excluding carboxylic acids is 1. The van der Waals surface area contributed by atoms with E-state index in [4.69, 9.17) is 4.74 Å². The van der Waals surface area contributed by atoms with E-state index in [0.29, 0.717) is 0 Å². The van der Waals surface area contributed by atoms with E-state index in [1.807, 2.05) is 0 Å². The molecule has 0 unspecified atom stereocenters. The minimum atomic E-state index is -0.514. The number of anilines is 1. The van der Waals surface area contributed by atoms with Crippen molar-refractivity contribution in [1.29, 1.82) is 0 Å². The summed E-state index contributed by atoms with van der Waals surface area (Å²) in [4.78, 5) is 23.6. The largest absolute Gasteiger partial charge is 0.484 e. The smallest absolute Gasteiger partial charge is 0.333 e. The zero-order chi connectivity index (χ0) is 15.3. The summed E-state index contributed by atoms with van der Waals surface area (Å²) in [6.45, 7) is 3.57. The lowest BCUT2D eigenvalue weighted by Crippen LogP contribution is -2.28. The van der Waals surface area contributed by atoms with Gasteiger partial charge in [0.05, 0.1) is 17.6 Å². The van der Waals surface area contributed by atoms with E-state index >= 15 is 0 Å². The third-order valence-electron chi connectivity index (χ3n) is 2.47. The van der Waals surface area contributed by atoms with Gasteiger partial charge in [-0.05, 0) is 26.0 Å². The molecule has 110 valence electrons. The quantitative estimate of drug-likeness (QED) is 0.635. The van der Waals surface area contributed by atoms with E-state index in [2.05, 4.69) is 5.32 Å². The monoisotopic (exact) mass is 281 g/mol. The number of ether oxygens (including phenoxy) is 1. The fourth-order valence-electron chi connectivity index (χ4n) is 1.53.